The molecule has 6 nitrogen and oxygen atoms in total. The molecule has 0 N–H and O–H groups in total. The SMILES string of the molecule is O=C1[C@@H]2C3c4ccccc4C([N+](=O)[O-])(c4ccccc43)[C@H]2C(=O)N1c1ccc(F)cc1. The van der Waals surface area contributed by atoms with Crippen LogP contribution in [0.4, 0.5) is 10.1 Å². The summed E-state index contributed by atoms with van der Waals surface area (Å²) in [5.74, 6) is -4.13. The van der Waals surface area contributed by atoms with Gasteiger partial charge >= 0.3 is 0 Å². The first kappa shape index (κ1) is 17.9. The summed E-state index contributed by atoms with van der Waals surface area (Å²) in [5.41, 5.74) is 0.715. The zero-order valence-corrected chi connectivity index (χ0v) is 16.1. The van der Waals surface area contributed by atoms with Gasteiger partial charge in [0.1, 0.15) is 11.7 Å². The maximum absolute atomic E-state index is 13.7. The third kappa shape index (κ3) is 1.96. The molecular weight excluding hydrogens is 399 g/mol. The molecule has 7 rings (SSSR count). The Labute approximate surface area is 176 Å². The van der Waals surface area contributed by atoms with Crippen LogP contribution in [0.3, 0.4) is 0 Å². The summed E-state index contributed by atoms with van der Waals surface area (Å²) in [6.45, 7) is 0. The number of nitrogens with zero attached hydrogens (tertiary/aromatic N) is 2. The predicted molar refractivity (Wildman–Crippen MR) is 108 cm³/mol. The average molecular weight is 414 g/mol. The molecule has 0 unspecified atom stereocenters. The van der Waals surface area contributed by atoms with Crippen LogP contribution < -0.4 is 4.90 Å². The Bertz CT molecular complexity index is 1260. The number of benzene rings is 3. The van der Waals surface area contributed by atoms with Gasteiger partial charge in [0.2, 0.25) is 11.8 Å². The van der Waals surface area contributed by atoms with Gasteiger partial charge in [0.25, 0.3) is 5.54 Å². The summed E-state index contributed by atoms with van der Waals surface area (Å²) in [7, 11) is 0. The number of rotatable bonds is 2. The molecule has 2 atom stereocenters. The molecule has 0 saturated carbocycles. The van der Waals surface area contributed by atoms with Gasteiger partial charge in [-0.05, 0) is 35.4 Å². The first-order valence-corrected chi connectivity index (χ1v) is 9.94. The van der Waals surface area contributed by atoms with E-state index in [1.165, 1.54) is 24.3 Å². The molecule has 2 bridgehead atoms. The molecule has 0 aromatic heterocycles. The number of hydrogen-bond acceptors (Lipinski definition) is 4. The van der Waals surface area contributed by atoms with Crippen LogP contribution in [0.25, 0.3) is 0 Å². The van der Waals surface area contributed by atoms with Gasteiger partial charge in [0.15, 0.2) is 0 Å². The zero-order chi connectivity index (χ0) is 21.5. The van der Waals surface area contributed by atoms with Gasteiger partial charge in [0.05, 0.1) is 11.6 Å². The van der Waals surface area contributed by atoms with Crippen molar-refractivity contribution >= 4 is 17.5 Å². The molecule has 4 aliphatic rings. The quantitative estimate of drug-likeness (QED) is 0.365. The minimum Gasteiger partial charge on any atom is -0.274 e. The van der Waals surface area contributed by atoms with E-state index < -0.39 is 45.8 Å². The number of anilines is 1. The number of imide groups is 1. The van der Waals surface area contributed by atoms with Gasteiger partial charge in [-0.15, -0.1) is 0 Å². The Morgan fingerprint density at radius 1 is 0.839 bits per heavy atom. The third-order valence-electron chi connectivity index (χ3n) is 6.95. The molecule has 1 fully saturated rings. The van der Waals surface area contributed by atoms with Crippen molar-refractivity contribution in [3.63, 3.8) is 0 Å². The van der Waals surface area contributed by atoms with Gasteiger partial charge in [-0.25, -0.2) is 9.29 Å². The Morgan fingerprint density at radius 2 is 1.39 bits per heavy atom. The molecular formula is C24H15FN2O4. The summed E-state index contributed by atoms with van der Waals surface area (Å²) >= 11 is 0. The fraction of sp³-hybridized carbons (Fsp3) is 0.167. The highest BCUT2D eigenvalue weighted by Gasteiger charge is 2.74. The lowest BCUT2D eigenvalue weighted by Crippen LogP contribution is -2.57. The number of carbonyl (C=O) groups is 2. The van der Waals surface area contributed by atoms with Crippen molar-refractivity contribution in [3.8, 4) is 0 Å². The molecule has 1 heterocycles. The molecule has 31 heavy (non-hydrogen) atoms. The lowest BCUT2D eigenvalue weighted by molar-refractivity contribution is -0.578. The fourth-order valence-corrected chi connectivity index (χ4v) is 5.89. The number of halogens is 1. The highest BCUT2D eigenvalue weighted by atomic mass is 19.1. The molecule has 152 valence electrons. The summed E-state index contributed by atoms with van der Waals surface area (Å²) < 4.78 is 13.4. The second kappa shape index (κ2) is 5.85. The fourth-order valence-electron chi connectivity index (χ4n) is 5.89. The first-order valence-electron chi connectivity index (χ1n) is 9.94. The van der Waals surface area contributed by atoms with Crippen molar-refractivity contribution in [1.29, 1.82) is 0 Å². The highest BCUT2D eigenvalue weighted by Crippen LogP contribution is 2.64. The number of hydrogen-bond donors (Lipinski definition) is 0. The summed E-state index contributed by atoms with van der Waals surface area (Å²) in [4.78, 5) is 40.7. The summed E-state index contributed by atoms with van der Waals surface area (Å²) in [6, 6.07) is 19.1. The van der Waals surface area contributed by atoms with Crippen molar-refractivity contribution in [2.24, 2.45) is 11.8 Å². The Morgan fingerprint density at radius 3 is 1.94 bits per heavy atom. The molecule has 1 saturated heterocycles. The number of amides is 2. The molecule has 1 aliphatic heterocycles. The lowest BCUT2D eigenvalue weighted by atomic mass is 9.51. The minimum atomic E-state index is -1.85. The van der Waals surface area contributed by atoms with Gasteiger partial charge in [0, 0.05) is 22.0 Å². The van der Waals surface area contributed by atoms with Gasteiger partial charge < -0.3 is 0 Å². The molecule has 3 aromatic carbocycles. The average Bonchev–Trinajstić information content (AvgIpc) is 3.05. The minimum absolute atomic E-state index is 0.219. The van der Waals surface area contributed by atoms with Crippen molar-refractivity contribution in [1.82, 2.24) is 0 Å². The van der Waals surface area contributed by atoms with Gasteiger partial charge in [-0.1, -0.05) is 48.5 Å². The van der Waals surface area contributed by atoms with E-state index in [0.29, 0.717) is 22.3 Å². The second-order valence-electron chi connectivity index (χ2n) is 8.17. The molecule has 0 spiro atoms. The van der Waals surface area contributed by atoms with E-state index in [1.807, 2.05) is 12.1 Å². The van der Waals surface area contributed by atoms with Crippen LogP contribution in [0.5, 0.6) is 0 Å². The van der Waals surface area contributed by atoms with Gasteiger partial charge in [-0.2, -0.15) is 0 Å². The molecule has 3 aliphatic carbocycles. The van der Waals surface area contributed by atoms with Crippen molar-refractivity contribution in [2.45, 2.75) is 11.5 Å². The zero-order valence-electron chi connectivity index (χ0n) is 16.1. The van der Waals surface area contributed by atoms with E-state index in [-0.39, 0.29) is 5.69 Å². The predicted octanol–water partition coefficient (Wildman–Crippen LogP) is 3.61. The van der Waals surface area contributed by atoms with Crippen LogP contribution >= 0.6 is 0 Å². The highest BCUT2D eigenvalue weighted by molar-refractivity contribution is 6.23. The van der Waals surface area contributed by atoms with Crippen LogP contribution in [0.15, 0.2) is 72.8 Å². The van der Waals surface area contributed by atoms with E-state index in [1.54, 1.807) is 36.4 Å². The standard InChI is InChI=1S/C24H15FN2O4/c25-13-9-11-14(12-10-13)26-22(28)20-19-15-5-1-3-7-17(15)24(27(30)31,21(20)23(26)29)18-8-4-2-6-16(18)19/h1-12,19-21H/t19?,20-,21-,24?/m1/s1. The van der Waals surface area contributed by atoms with Crippen molar-refractivity contribution in [3.05, 3.63) is 111 Å². The maximum Gasteiger partial charge on any atom is 0.285 e. The topological polar surface area (TPSA) is 80.5 Å². The Balaban J connectivity index is 1.67. The molecule has 2 amide bonds. The normalized spacial score (nSPS) is 27.6. The van der Waals surface area contributed by atoms with Crippen molar-refractivity contribution in [2.75, 3.05) is 4.90 Å². The van der Waals surface area contributed by atoms with Crippen LogP contribution in [-0.2, 0) is 15.1 Å². The van der Waals surface area contributed by atoms with E-state index in [4.69, 9.17) is 0 Å². The van der Waals surface area contributed by atoms with E-state index in [2.05, 4.69) is 0 Å². The van der Waals surface area contributed by atoms with Gasteiger partial charge in [-0.3, -0.25) is 19.7 Å². The van der Waals surface area contributed by atoms with E-state index >= 15 is 0 Å². The maximum atomic E-state index is 13.7. The molecule has 7 heteroatoms. The van der Waals surface area contributed by atoms with Crippen LogP contribution in [0, 0.1) is 27.8 Å². The number of carbonyl (C=O) groups excluding carboxylic acids is 2. The Hall–Kier alpha value is -3.87. The molecule has 0 radical (unpaired) electrons. The number of nitro groups is 1. The van der Waals surface area contributed by atoms with E-state index in [0.717, 1.165) is 4.90 Å². The Kier molecular flexibility index (Phi) is 3.38. The smallest absolute Gasteiger partial charge is 0.274 e. The third-order valence-corrected chi connectivity index (χ3v) is 6.95. The van der Waals surface area contributed by atoms with Crippen LogP contribution in [0.2, 0.25) is 0 Å². The first-order chi connectivity index (χ1) is 15.0. The molecule has 3 aromatic rings. The largest absolute Gasteiger partial charge is 0.285 e. The second-order valence-corrected chi connectivity index (χ2v) is 8.17. The monoisotopic (exact) mass is 414 g/mol. The van der Waals surface area contributed by atoms with Crippen LogP contribution in [-0.4, -0.2) is 16.7 Å². The summed E-state index contributed by atoms with van der Waals surface area (Å²) in [6.07, 6.45) is 0. The lowest BCUT2D eigenvalue weighted by Gasteiger charge is -2.48. The van der Waals surface area contributed by atoms with Crippen molar-refractivity contribution < 1.29 is 18.9 Å². The summed E-state index contributed by atoms with van der Waals surface area (Å²) in [5, 5.41) is 12.8. The van der Waals surface area contributed by atoms with Crippen LogP contribution in [0.1, 0.15) is 28.2 Å². The van der Waals surface area contributed by atoms with E-state index in [9.17, 15) is 24.1 Å².